The van der Waals surface area contributed by atoms with Gasteiger partial charge in [0, 0.05) is 12.0 Å². The maximum atomic E-state index is 11.8. The summed E-state index contributed by atoms with van der Waals surface area (Å²) in [6, 6.07) is 16.0. The number of rotatable bonds is 0. The molecule has 80 valence electrons. The Morgan fingerprint density at radius 3 is 2.06 bits per heavy atom. The molecule has 1 aliphatic carbocycles. The van der Waals surface area contributed by atoms with Crippen molar-refractivity contribution in [2.45, 2.75) is 13.8 Å². The van der Waals surface area contributed by atoms with Gasteiger partial charge in [-0.3, -0.25) is 4.79 Å². The van der Waals surface area contributed by atoms with E-state index < -0.39 is 0 Å². The van der Waals surface area contributed by atoms with Crippen LogP contribution in [0, 0.1) is 0 Å². The predicted molar refractivity (Wildman–Crippen MR) is 66.6 cm³/mol. The second-order valence-corrected chi connectivity index (χ2v) is 3.80. The number of hydrogen-bond donors (Lipinski definition) is 0. The molecule has 0 fully saturated rings. The number of carbonyl (C=O) groups excluding carboxylic acids is 1. The Bertz CT molecular complexity index is 541. The van der Waals surface area contributed by atoms with Crippen molar-refractivity contribution in [1.29, 1.82) is 0 Å². The van der Waals surface area contributed by atoms with Gasteiger partial charge in [0.15, 0.2) is 5.78 Å². The number of hydrogen-bond acceptors (Lipinski definition) is 1. The number of fused-ring (bicyclic) bond motifs is 3. The minimum atomic E-state index is 0. The van der Waals surface area contributed by atoms with Crippen molar-refractivity contribution in [3.05, 3.63) is 59.7 Å². The molecule has 0 atom stereocenters. The molecule has 0 radical (unpaired) electrons. The van der Waals surface area contributed by atoms with Crippen LogP contribution in [0.15, 0.2) is 48.5 Å². The van der Waals surface area contributed by atoms with Crippen molar-refractivity contribution in [2.24, 2.45) is 0 Å². The fraction of sp³-hybridized carbons (Fsp3) is 0.133. The van der Waals surface area contributed by atoms with Crippen LogP contribution in [0.1, 0.15) is 23.3 Å². The molecule has 0 N–H and O–H groups in total. The zero-order valence-electron chi connectivity index (χ0n) is 8.23. The van der Waals surface area contributed by atoms with E-state index in [1.54, 1.807) is 0 Å². The van der Waals surface area contributed by atoms with Crippen molar-refractivity contribution in [1.82, 2.24) is 0 Å². The molecule has 0 amide bonds. The van der Waals surface area contributed by atoms with E-state index in [0.717, 1.165) is 16.7 Å². The van der Waals surface area contributed by atoms with Gasteiger partial charge in [-0.1, -0.05) is 56.0 Å². The zero-order chi connectivity index (χ0) is 10.3. The fourth-order valence-electron chi connectivity index (χ4n) is 2.17. The molecule has 16 heavy (non-hydrogen) atoms. The van der Waals surface area contributed by atoms with Gasteiger partial charge in [-0.25, -0.2) is 0 Å². The number of benzene rings is 2. The van der Waals surface area contributed by atoms with Crippen LogP contribution < -0.4 is 0 Å². The van der Waals surface area contributed by atoms with Crippen LogP contribution in [0.5, 0.6) is 0 Å². The summed E-state index contributed by atoms with van der Waals surface area (Å²) in [4.78, 5) is 11.8. The Balaban J connectivity index is 0.000000963. The minimum absolute atomic E-state index is 0. The molecule has 1 nitrogen and oxygen atoms in total. The monoisotopic (exact) mass is 210 g/mol. The highest BCUT2D eigenvalue weighted by Gasteiger charge is 2.20. The van der Waals surface area contributed by atoms with Gasteiger partial charge < -0.3 is 0 Å². The maximum absolute atomic E-state index is 11.8. The SMILES string of the molecule is C.O=C1Cc2ccccc2-c2ccccc21. The Morgan fingerprint density at radius 2 is 1.31 bits per heavy atom. The van der Waals surface area contributed by atoms with Gasteiger partial charge >= 0.3 is 0 Å². The summed E-state index contributed by atoms with van der Waals surface area (Å²) in [6.45, 7) is 0. The van der Waals surface area contributed by atoms with Crippen LogP contribution in [0.4, 0.5) is 0 Å². The van der Waals surface area contributed by atoms with E-state index in [2.05, 4.69) is 6.07 Å². The van der Waals surface area contributed by atoms with Gasteiger partial charge in [-0.2, -0.15) is 0 Å². The molecule has 0 heterocycles. The first-order valence-electron chi connectivity index (χ1n) is 5.07. The molecular weight excluding hydrogens is 196 g/mol. The Hall–Kier alpha value is -1.89. The second-order valence-electron chi connectivity index (χ2n) is 3.80. The maximum Gasteiger partial charge on any atom is 0.167 e. The lowest BCUT2D eigenvalue weighted by Crippen LogP contribution is -2.11. The molecule has 2 aromatic rings. The normalized spacial score (nSPS) is 12.4. The van der Waals surface area contributed by atoms with Crippen LogP contribution >= 0.6 is 0 Å². The van der Waals surface area contributed by atoms with Crippen molar-refractivity contribution in [2.75, 3.05) is 0 Å². The topological polar surface area (TPSA) is 17.1 Å². The minimum Gasteiger partial charge on any atom is -0.294 e. The molecule has 0 aromatic heterocycles. The summed E-state index contributed by atoms with van der Waals surface area (Å²) < 4.78 is 0. The molecule has 0 unspecified atom stereocenters. The van der Waals surface area contributed by atoms with Gasteiger partial charge in [-0.15, -0.1) is 0 Å². The van der Waals surface area contributed by atoms with E-state index in [4.69, 9.17) is 0 Å². The van der Waals surface area contributed by atoms with Crippen LogP contribution in [0.2, 0.25) is 0 Å². The second kappa shape index (κ2) is 3.93. The molecule has 0 bridgehead atoms. The summed E-state index contributed by atoms with van der Waals surface area (Å²) in [6.07, 6.45) is 0.535. The summed E-state index contributed by atoms with van der Waals surface area (Å²) in [5, 5.41) is 0. The van der Waals surface area contributed by atoms with Crippen molar-refractivity contribution < 1.29 is 4.79 Å². The first-order chi connectivity index (χ1) is 7.36. The Morgan fingerprint density at radius 1 is 0.750 bits per heavy atom. The third kappa shape index (κ3) is 1.45. The van der Waals surface area contributed by atoms with E-state index >= 15 is 0 Å². The molecule has 0 saturated carbocycles. The van der Waals surface area contributed by atoms with Gasteiger partial charge in [0.1, 0.15) is 0 Å². The molecule has 0 saturated heterocycles. The van der Waals surface area contributed by atoms with E-state index in [9.17, 15) is 4.79 Å². The molecule has 1 aliphatic rings. The Kier molecular flexibility index (Phi) is 2.61. The Labute approximate surface area is 95.7 Å². The van der Waals surface area contributed by atoms with E-state index in [0.29, 0.717) is 6.42 Å². The van der Waals surface area contributed by atoms with E-state index in [1.165, 1.54) is 5.56 Å². The first-order valence-corrected chi connectivity index (χ1v) is 5.07. The summed E-state index contributed by atoms with van der Waals surface area (Å²) >= 11 is 0. The highest BCUT2D eigenvalue weighted by atomic mass is 16.1. The molecular formula is C15H14O. The lowest BCUT2D eigenvalue weighted by Gasteiger charge is -2.18. The van der Waals surface area contributed by atoms with Crippen LogP contribution in [-0.2, 0) is 6.42 Å². The average Bonchev–Trinajstić information content (AvgIpc) is 2.30. The van der Waals surface area contributed by atoms with E-state index in [-0.39, 0.29) is 13.2 Å². The smallest absolute Gasteiger partial charge is 0.167 e. The number of ketones is 1. The largest absolute Gasteiger partial charge is 0.294 e. The molecule has 3 rings (SSSR count). The molecule has 0 spiro atoms. The van der Waals surface area contributed by atoms with E-state index in [1.807, 2.05) is 42.5 Å². The molecule has 0 aliphatic heterocycles. The number of Topliss-reactive ketones (excluding diaryl/α,β-unsaturated/α-hetero) is 1. The fourth-order valence-corrected chi connectivity index (χ4v) is 2.17. The highest BCUT2D eigenvalue weighted by Crippen LogP contribution is 2.32. The number of carbonyl (C=O) groups is 1. The lowest BCUT2D eigenvalue weighted by molar-refractivity contribution is 0.0992. The summed E-state index contributed by atoms with van der Waals surface area (Å²) in [7, 11) is 0. The standard InChI is InChI=1S/C14H10O.CH4/c15-14-9-10-5-1-2-6-11(10)12-7-3-4-8-13(12)14;/h1-8H,9H2;1H4. The van der Waals surface area contributed by atoms with Crippen LogP contribution in [-0.4, -0.2) is 5.78 Å². The van der Waals surface area contributed by atoms with Crippen molar-refractivity contribution >= 4 is 5.78 Å². The van der Waals surface area contributed by atoms with Crippen LogP contribution in [0.3, 0.4) is 0 Å². The van der Waals surface area contributed by atoms with Crippen molar-refractivity contribution in [3.63, 3.8) is 0 Å². The average molecular weight is 210 g/mol. The first kappa shape index (κ1) is 10.6. The highest BCUT2D eigenvalue weighted by molar-refractivity contribution is 6.07. The predicted octanol–water partition coefficient (Wildman–Crippen LogP) is 3.73. The molecule has 2 aromatic carbocycles. The molecule has 1 heteroatoms. The lowest BCUT2D eigenvalue weighted by atomic mass is 9.85. The van der Waals surface area contributed by atoms with Gasteiger partial charge in [0.05, 0.1) is 0 Å². The third-order valence-corrected chi connectivity index (χ3v) is 2.89. The third-order valence-electron chi connectivity index (χ3n) is 2.89. The zero-order valence-corrected chi connectivity index (χ0v) is 8.23. The van der Waals surface area contributed by atoms with Gasteiger partial charge in [0.2, 0.25) is 0 Å². The summed E-state index contributed by atoms with van der Waals surface area (Å²) in [5.74, 6) is 0.226. The van der Waals surface area contributed by atoms with Crippen LogP contribution in [0.25, 0.3) is 11.1 Å². The van der Waals surface area contributed by atoms with Gasteiger partial charge in [0.25, 0.3) is 0 Å². The van der Waals surface area contributed by atoms with Gasteiger partial charge in [-0.05, 0) is 16.7 Å². The quantitative estimate of drug-likeness (QED) is 0.647. The summed E-state index contributed by atoms with van der Waals surface area (Å²) in [5.41, 5.74) is 4.27. The van der Waals surface area contributed by atoms with Crippen molar-refractivity contribution in [3.8, 4) is 11.1 Å².